The lowest BCUT2D eigenvalue weighted by atomic mass is 9.67. The number of allylic oxidation sites excluding steroid dienone is 4. The molecule has 0 radical (unpaired) electrons. The van der Waals surface area contributed by atoms with E-state index in [1.807, 2.05) is 18.2 Å². The Balaban J connectivity index is 0.993. The standard InChI is InChI=1S/C54H37N/c1-5-16-40(17-6-1)52-36-45(37-53(55-52)41-18-7-2-8-19-41)43-21-15-20-42(34-43)38-28-30-39(31-29-38)44-32-33-49-48-26-13-14-27-50(48)54(51(49)35-44,46-22-9-3-10-23-46)47-24-11-4-12-25-47/h1-7,9-18,20-33,35-37,43H,34H2. The third-order valence-electron chi connectivity index (χ3n) is 11.4. The van der Waals surface area contributed by atoms with E-state index in [1.165, 1.54) is 61.2 Å². The molecule has 1 unspecified atom stereocenters. The number of hydrogen-bond donors (Lipinski definition) is 0. The van der Waals surface area contributed by atoms with Gasteiger partial charge in [-0.25, -0.2) is 4.98 Å². The summed E-state index contributed by atoms with van der Waals surface area (Å²) in [5.41, 5.74) is 17.6. The van der Waals surface area contributed by atoms with Crippen LogP contribution in [-0.4, -0.2) is 4.98 Å². The van der Waals surface area contributed by atoms with Crippen LogP contribution >= 0.6 is 0 Å². The van der Waals surface area contributed by atoms with Gasteiger partial charge in [-0.05, 0) is 98.0 Å². The van der Waals surface area contributed by atoms with Gasteiger partial charge in [0.1, 0.15) is 0 Å². The molecule has 8 aromatic rings. The van der Waals surface area contributed by atoms with E-state index >= 15 is 0 Å². The highest BCUT2D eigenvalue weighted by molar-refractivity contribution is 5.88. The van der Waals surface area contributed by atoms with Crippen molar-refractivity contribution in [1.82, 2.24) is 4.98 Å². The molecule has 7 aromatic carbocycles. The minimum atomic E-state index is -0.414. The fourth-order valence-corrected chi connectivity index (χ4v) is 8.79. The lowest BCUT2D eigenvalue weighted by molar-refractivity contribution is 0.769. The predicted octanol–water partition coefficient (Wildman–Crippen LogP) is 13.2. The summed E-state index contributed by atoms with van der Waals surface area (Å²) in [6.07, 6.45) is 7.71. The minimum absolute atomic E-state index is 0.221. The van der Waals surface area contributed by atoms with Gasteiger partial charge in [0.2, 0.25) is 0 Å². The second-order valence-corrected chi connectivity index (χ2v) is 14.5. The number of rotatable bonds is 7. The molecule has 1 heteroatoms. The molecule has 1 heterocycles. The topological polar surface area (TPSA) is 12.9 Å². The average Bonchev–Trinajstić information content (AvgIpc) is 3.58. The first-order valence-electron chi connectivity index (χ1n) is 19.1. The van der Waals surface area contributed by atoms with E-state index in [9.17, 15) is 0 Å². The van der Waals surface area contributed by atoms with Crippen molar-refractivity contribution in [2.75, 3.05) is 0 Å². The molecule has 1 aromatic heterocycles. The largest absolute Gasteiger partial charge is 0.247 e. The van der Waals surface area contributed by atoms with E-state index in [2.05, 4.69) is 200 Å². The van der Waals surface area contributed by atoms with Crippen LogP contribution in [0.5, 0.6) is 0 Å². The second-order valence-electron chi connectivity index (χ2n) is 14.5. The third kappa shape index (κ3) is 5.72. The first-order chi connectivity index (χ1) is 27.3. The van der Waals surface area contributed by atoms with Crippen LogP contribution in [0.2, 0.25) is 0 Å². The first-order valence-corrected chi connectivity index (χ1v) is 19.1. The highest BCUT2D eigenvalue weighted by Gasteiger charge is 2.46. The van der Waals surface area contributed by atoms with E-state index in [-0.39, 0.29) is 5.92 Å². The molecule has 0 saturated heterocycles. The monoisotopic (exact) mass is 699 g/mol. The smallest absolute Gasteiger partial charge is 0.0796 e. The molecule has 10 rings (SSSR count). The predicted molar refractivity (Wildman–Crippen MR) is 226 cm³/mol. The molecule has 2 aliphatic rings. The summed E-state index contributed by atoms with van der Waals surface area (Å²) >= 11 is 0. The highest BCUT2D eigenvalue weighted by Crippen LogP contribution is 2.56. The summed E-state index contributed by atoms with van der Waals surface area (Å²) in [6, 6.07) is 74.5. The van der Waals surface area contributed by atoms with Crippen molar-refractivity contribution in [3.05, 3.63) is 252 Å². The van der Waals surface area contributed by atoms with Gasteiger partial charge in [0.05, 0.1) is 22.4 Å². The fraction of sp³-hybridized carbons (Fsp3) is 0.0556. The molecule has 55 heavy (non-hydrogen) atoms. The van der Waals surface area contributed by atoms with Crippen molar-refractivity contribution in [2.45, 2.75) is 17.8 Å². The van der Waals surface area contributed by atoms with Crippen molar-refractivity contribution in [1.29, 1.82) is 0 Å². The summed E-state index contributed by atoms with van der Waals surface area (Å²) < 4.78 is 0. The number of nitrogens with zero attached hydrogens (tertiary/aromatic N) is 1. The quantitative estimate of drug-likeness (QED) is 0.161. The Bertz CT molecular complexity index is 2590. The molecule has 0 N–H and O–H groups in total. The van der Waals surface area contributed by atoms with Crippen molar-refractivity contribution in [3.8, 4) is 44.8 Å². The number of aromatic nitrogens is 1. The summed E-state index contributed by atoms with van der Waals surface area (Å²) in [6.45, 7) is 0. The summed E-state index contributed by atoms with van der Waals surface area (Å²) in [4.78, 5) is 5.07. The Morgan fingerprint density at radius 3 is 1.87 bits per heavy atom. The van der Waals surface area contributed by atoms with E-state index < -0.39 is 5.41 Å². The zero-order chi connectivity index (χ0) is 36.6. The zero-order valence-corrected chi connectivity index (χ0v) is 30.4. The third-order valence-corrected chi connectivity index (χ3v) is 11.4. The van der Waals surface area contributed by atoms with Crippen LogP contribution in [0.1, 0.15) is 45.7 Å². The molecule has 0 fully saturated rings. The van der Waals surface area contributed by atoms with Crippen LogP contribution in [-0.2, 0) is 5.41 Å². The van der Waals surface area contributed by atoms with Crippen LogP contribution in [0.3, 0.4) is 0 Å². The first kappa shape index (κ1) is 32.6. The Hall–Kier alpha value is -7.01. The Morgan fingerprint density at radius 1 is 0.509 bits per heavy atom. The van der Waals surface area contributed by atoms with Crippen LogP contribution in [0.4, 0.5) is 0 Å². The maximum Gasteiger partial charge on any atom is 0.0796 e. The van der Waals surface area contributed by atoms with Crippen molar-refractivity contribution in [3.63, 3.8) is 0 Å². The fourth-order valence-electron chi connectivity index (χ4n) is 8.79. The maximum atomic E-state index is 5.07. The zero-order valence-electron chi connectivity index (χ0n) is 30.4. The van der Waals surface area contributed by atoms with Gasteiger partial charge < -0.3 is 0 Å². The van der Waals surface area contributed by atoms with Gasteiger partial charge in [0.15, 0.2) is 0 Å². The molecule has 0 saturated carbocycles. The molecule has 0 aliphatic heterocycles. The van der Waals surface area contributed by atoms with Crippen molar-refractivity contribution in [2.24, 2.45) is 0 Å². The normalized spacial score (nSPS) is 15.1. The van der Waals surface area contributed by atoms with E-state index in [4.69, 9.17) is 4.98 Å². The molecule has 2 aliphatic carbocycles. The average molecular weight is 700 g/mol. The van der Waals surface area contributed by atoms with Gasteiger partial charge in [-0.15, -0.1) is 0 Å². The minimum Gasteiger partial charge on any atom is -0.247 e. The Labute approximate surface area is 323 Å². The second kappa shape index (κ2) is 13.8. The molecule has 258 valence electrons. The lowest BCUT2D eigenvalue weighted by Crippen LogP contribution is -2.28. The van der Waals surface area contributed by atoms with Gasteiger partial charge >= 0.3 is 0 Å². The van der Waals surface area contributed by atoms with Gasteiger partial charge in [0, 0.05) is 11.5 Å². The molecule has 0 amide bonds. The maximum absolute atomic E-state index is 5.07. The summed E-state index contributed by atoms with van der Waals surface area (Å²) in [5.74, 6) is 0.221. The van der Waals surface area contributed by atoms with Crippen molar-refractivity contribution < 1.29 is 0 Å². The number of fused-ring (bicyclic) bond motifs is 3. The van der Waals surface area contributed by atoms with Crippen LogP contribution in [0, 0.1) is 12.1 Å². The molecule has 1 atom stereocenters. The summed E-state index contributed by atoms with van der Waals surface area (Å²) in [7, 11) is 0. The molecule has 0 spiro atoms. The number of hydrogen-bond acceptors (Lipinski definition) is 1. The van der Waals surface area contributed by atoms with E-state index in [0.29, 0.717) is 0 Å². The lowest BCUT2D eigenvalue weighted by Gasteiger charge is -2.34. The van der Waals surface area contributed by atoms with E-state index in [1.54, 1.807) is 0 Å². The molecule has 1 nitrogen and oxygen atoms in total. The molecule has 0 bridgehead atoms. The van der Waals surface area contributed by atoms with Gasteiger partial charge in [0.25, 0.3) is 0 Å². The Kier molecular flexibility index (Phi) is 8.16. The van der Waals surface area contributed by atoms with E-state index in [0.717, 1.165) is 28.9 Å². The molecular formula is C54H37N. The summed E-state index contributed by atoms with van der Waals surface area (Å²) in [5, 5.41) is 0. The highest BCUT2D eigenvalue weighted by atomic mass is 14.7. The van der Waals surface area contributed by atoms with Crippen LogP contribution < -0.4 is 0 Å². The molecular weight excluding hydrogens is 663 g/mol. The Morgan fingerprint density at radius 2 is 1.15 bits per heavy atom. The van der Waals surface area contributed by atoms with Crippen LogP contribution in [0.25, 0.3) is 50.3 Å². The number of pyridine rings is 1. The van der Waals surface area contributed by atoms with Gasteiger partial charge in [-0.2, -0.15) is 0 Å². The van der Waals surface area contributed by atoms with Crippen LogP contribution in [0.15, 0.2) is 206 Å². The number of benzene rings is 6. The van der Waals surface area contributed by atoms with Gasteiger partial charge in [-0.1, -0.05) is 188 Å². The SMILES string of the molecule is c1cccc(-c2cc(C3C=CC=C(c4ccc(-c5ccc6c(c5)C(c5ccccc5)(c5ccccc5)c5ccccc5-6)cc4)C3)cc(-c3ccccc3)n2)c#1. The van der Waals surface area contributed by atoms with Crippen molar-refractivity contribution >= 4 is 5.57 Å². The van der Waals surface area contributed by atoms with Gasteiger partial charge in [-0.3, -0.25) is 0 Å².